The van der Waals surface area contributed by atoms with Crippen LogP contribution in [0.1, 0.15) is 41.4 Å². The number of ether oxygens (including phenoxy) is 5. The van der Waals surface area contributed by atoms with E-state index in [1.54, 1.807) is 66.7 Å². The van der Waals surface area contributed by atoms with Gasteiger partial charge in [-0.05, 0) is 48.5 Å². The number of hydrogen-bond donors (Lipinski definition) is 0. The Bertz CT molecular complexity index is 1660. The van der Waals surface area contributed by atoms with Crippen molar-refractivity contribution < 1.29 is 47.8 Å². The van der Waals surface area contributed by atoms with E-state index in [9.17, 15) is 29.3 Å². The van der Waals surface area contributed by atoms with Crippen LogP contribution in [0.2, 0.25) is 0 Å². The van der Waals surface area contributed by atoms with E-state index in [4.69, 9.17) is 23.7 Å². The van der Waals surface area contributed by atoms with Gasteiger partial charge in [0, 0.05) is 12.1 Å². The highest BCUT2D eigenvalue weighted by Gasteiger charge is 2.52. The van der Waals surface area contributed by atoms with E-state index in [2.05, 4.69) is 0 Å². The topological polar surface area (TPSA) is 158 Å². The molecule has 228 valence electrons. The van der Waals surface area contributed by atoms with Crippen LogP contribution in [0, 0.1) is 10.1 Å². The molecule has 0 amide bonds. The standard InChI is InChI=1S/C33H25NO11/c35-29(21-10-4-1-5-11-21)41-20-26-27(43-30(36)22-12-6-2-7-13-22)28(44-31(37)23-14-8-3-9-15-23)33(42-26)45-32(38)24-16-18-25(19-17-24)34(39)40/h1-19,26-28,33H,20H2/t26-,27-,28-,33?/m1/s1. The number of rotatable bonds is 10. The lowest BCUT2D eigenvalue weighted by Gasteiger charge is -2.24. The summed E-state index contributed by atoms with van der Waals surface area (Å²) in [5.74, 6) is -3.29. The molecule has 4 atom stereocenters. The highest BCUT2D eigenvalue weighted by molar-refractivity contribution is 5.91. The molecule has 45 heavy (non-hydrogen) atoms. The summed E-state index contributed by atoms with van der Waals surface area (Å²) in [7, 11) is 0. The van der Waals surface area contributed by atoms with E-state index in [1.807, 2.05) is 0 Å². The molecule has 1 unspecified atom stereocenters. The van der Waals surface area contributed by atoms with E-state index < -0.39 is 60.0 Å². The van der Waals surface area contributed by atoms with Crippen LogP contribution in [0.4, 0.5) is 5.69 Å². The third kappa shape index (κ3) is 7.56. The Labute approximate surface area is 256 Å². The lowest BCUT2D eigenvalue weighted by molar-refractivity contribution is -0.384. The van der Waals surface area contributed by atoms with Gasteiger partial charge in [0.15, 0.2) is 6.10 Å². The van der Waals surface area contributed by atoms with Gasteiger partial charge in [-0.25, -0.2) is 19.2 Å². The van der Waals surface area contributed by atoms with Gasteiger partial charge in [0.05, 0.1) is 27.2 Å². The van der Waals surface area contributed by atoms with Gasteiger partial charge in [-0.2, -0.15) is 0 Å². The monoisotopic (exact) mass is 611 g/mol. The van der Waals surface area contributed by atoms with Crippen molar-refractivity contribution >= 4 is 29.6 Å². The summed E-state index contributed by atoms with van der Waals surface area (Å²) in [5.41, 5.74) is 0.282. The number of hydrogen-bond acceptors (Lipinski definition) is 11. The van der Waals surface area contributed by atoms with Crippen molar-refractivity contribution in [1.29, 1.82) is 0 Å². The Morgan fingerprint density at radius 1 is 0.578 bits per heavy atom. The number of esters is 4. The Morgan fingerprint density at radius 2 is 1.00 bits per heavy atom. The van der Waals surface area contributed by atoms with Crippen molar-refractivity contribution in [3.05, 3.63) is 148 Å². The molecule has 4 aromatic rings. The summed E-state index contributed by atoms with van der Waals surface area (Å²) in [5, 5.41) is 11.0. The number of carbonyl (C=O) groups is 4. The van der Waals surface area contributed by atoms with Gasteiger partial charge >= 0.3 is 23.9 Å². The van der Waals surface area contributed by atoms with Crippen LogP contribution >= 0.6 is 0 Å². The summed E-state index contributed by atoms with van der Waals surface area (Å²) in [6.07, 6.45) is -5.78. The van der Waals surface area contributed by atoms with Crippen molar-refractivity contribution in [3.8, 4) is 0 Å². The number of nitro benzene ring substituents is 1. The summed E-state index contributed by atoms with van der Waals surface area (Å²) >= 11 is 0. The molecule has 0 N–H and O–H groups in total. The Morgan fingerprint density at radius 3 is 1.49 bits per heavy atom. The predicted molar refractivity (Wildman–Crippen MR) is 155 cm³/mol. The highest BCUT2D eigenvalue weighted by atomic mass is 16.8. The largest absolute Gasteiger partial charge is 0.459 e. The molecule has 4 aromatic carbocycles. The molecule has 0 radical (unpaired) electrons. The Balaban J connectivity index is 1.44. The number of benzene rings is 4. The number of nitrogens with zero attached hydrogens (tertiary/aromatic N) is 1. The molecule has 0 saturated carbocycles. The first-order valence-electron chi connectivity index (χ1n) is 13.7. The fourth-order valence-electron chi connectivity index (χ4n) is 4.43. The van der Waals surface area contributed by atoms with Crippen molar-refractivity contribution in [1.82, 2.24) is 0 Å². The zero-order valence-corrected chi connectivity index (χ0v) is 23.4. The quantitative estimate of drug-likeness (QED) is 0.105. The first-order valence-corrected chi connectivity index (χ1v) is 13.7. The van der Waals surface area contributed by atoms with Crippen LogP contribution in [0.5, 0.6) is 0 Å². The van der Waals surface area contributed by atoms with Gasteiger partial charge in [0.2, 0.25) is 12.4 Å². The third-order valence-electron chi connectivity index (χ3n) is 6.70. The van der Waals surface area contributed by atoms with E-state index >= 15 is 0 Å². The molecule has 1 heterocycles. The molecule has 0 aliphatic carbocycles. The van der Waals surface area contributed by atoms with Crippen molar-refractivity contribution in [2.75, 3.05) is 6.61 Å². The lowest BCUT2D eigenvalue weighted by atomic mass is 10.1. The minimum Gasteiger partial charge on any atom is -0.459 e. The average molecular weight is 612 g/mol. The van der Waals surface area contributed by atoms with Crippen LogP contribution in [0.25, 0.3) is 0 Å². The first kappa shape index (κ1) is 30.6. The molecular weight excluding hydrogens is 586 g/mol. The van der Waals surface area contributed by atoms with Gasteiger partial charge in [0.25, 0.3) is 5.69 Å². The normalized spacial score (nSPS) is 18.8. The second-order valence-corrected chi connectivity index (χ2v) is 9.69. The molecule has 1 fully saturated rings. The molecule has 0 bridgehead atoms. The zero-order valence-electron chi connectivity index (χ0n) is 23.4. The molecule has 1 aliphatic heterocycles. The van der Waals surface area contributed by atoms with Crippen molar-refractivity contribution in [2.45, 2.75) is 24.6 Å². The summed E-state index contributed by atoms with van der Waals surface area (Å²) in [6.45, 7) is -0.467. The Kier molecular flexibility index (Phi) is 9.55. The molecule has 12 heteroatoms. The smallest absolute Gasteiger partial charge is 0.340 e. The number of carbonyl (C=O) groups excluding carboxylic acids is 4. The van der Waals surface area contributed by atoms with Gasteiger partial charge in [-0.3, -0.25) is 10.1 Å². The third-order valence-corrected chi connectivity index (χ3v) is 6.70. The molecule has 12 nitrogen and oxygen atoms in total. The van der Waals surface area contributed by atoms with E-state index in [0.29, 0.717) is 0 Å². The molecule has 0 aromatic heterocycles. The maximum atomic E-state index is 13.2. The maximum Gasteiger partial charge on any atom is 0.340 e. The fourth-order valence-corrected chi connectivity index (χ4v) is 4.43. The van der Waals surface area contributed by atoms with Gasteiger partial charge < -0.3 is 23.7 Å². The molecule has 1 aliphatic rings. The van der Waals surface area contributed by atoms with Crippen LogP contribution in [0.3, 0.4) is 0 Å². The van der Waals surface area contributed by atoms with Gasteiger partial charge in [-0.15, -0.1) is 0 Å². The number of nitro groups is 1. The maximum absolute atomic E-state index is 13.2. The van der Waals surface area contributed by atoms with Gasteiger partial charge in [0.1, 0.15) is 12.7 Å². The van der Waals surface area contributed by atoms with E-state index in [-0.39, 0.29) is 27.9 Å². The summed E-state index contributed by atoms with van der Waals surface area (Å²) in [6, 6.07) is 28.7. The van der Waals surface area contributed by atoms with Crippen LogP contribution in [0.15, 0.2) is 115 Å². The fraction of sp³-hybridized carbons (Fsp3) is 0.152. The average Bonchev–Trinajstić information content (AvgIpc) is 3.39. The summed E-state index contributed by atoms with van der Waals surface area (Å²) < 4.78 is 28.4. The summed E-state index contributed by atoms with van der Waals surface area (Å²) in [4.78, 5) is 62.5. The zero-order chi connectivity index (χ0) is 31.8. The van der Waals surface area contributed by atoms with Crippen LogP contribution in [-0.2, 0) is 23.7 Å². The number of non-ortho nitro benzene ring substituents is 1. The molecule has 5 rings (SSSR count). The molecule has 1 saturated heterocycles. The SMILES string of the molecule is O=C(OC[C@H]1OC(OC(=O)c2ccc([N+](=O)[O-])cc2)[C@H](OC(=O)c2ccccc2)[C@@H]1OC(=O)c1ccccc1)c1ccccc1. The van der Waals surface area contributed by atoms with E-state index in [0.717, 1.165) is 12.1 Å². The minimum atomic E-state index is -1.63. The molecular formula is C33H25NO11. The Hall–Kier alpha value is -5.88. The van der Waals surface area contributed by atoms with Crippen LogP contribution in [-0.4, -0.2) is 60.0 Å². The second kappa shape index (κ2) is 14.1. The van der Waals surface area contributed by atoms with E-state index in [1.165, 1.54) is 36.4 Å². The van der Waals surface area contributed by atoms with Crippen LogP contribution < -0.4 is 0 Å². The minimum absolute atomic E-state index is 0.0610. The first-order chi connectivity index (χ1) is 21.8. The lowest BCUT2D eigenvalue weighted by Crippen LogP contribution is -2.42. The molecule has 0 spiro atoms. The second-order valence-electron chi connectivity index (χ2n) is 9.69. The highest BCUT2D eigenvalue weighted by Crippen LogP contribution is 2.31. The van der Waals surface area contributed by atoms with Crippen molar-refractivity contribution in [3.63, 3.8) is 0 Å². The predicted octanol–water partition coefficient (Wildman–Crippen LogP) is 4.78. The van der Waals surface area contributed by atoms with Crippen molar-refractivity contribution in [2.24, 2.45) is 0 Å². The van der Waals surface area contributed by atoms with Gasteiger partial charge in [-0.1, -0.05) is 54.6 Å².